The number of para-hydroxylation sites is 1. The zero-order valence-corrected chi connectivity index (χ0v) is 12.7. The maximum Gasteiger partial charge on any atom is 0.237 e. The van der Waals surface area contributed by atoms with E-state index >= 15 is 0 Å². The smallest absolute Gasteiger partial charge is 0.237 e. The van der Waals surface area contributed by atoms with Crippen LogP contribution in [0, 0.1) is 0 Å². The highest BCUT2D eigenvalue weighted by Gasteiger charge is 2.43. The summed E-state index contributed by atoms with van der Waals surface area (Å²) in [7, 11) is 0. The van der Waals surface area contributed by atoms with Gasteiger partial charge in [0.15, 0.2) is 0 Å². The zero-order valence-electron chi connectivity index (χ0n) is 12.7. The van der Waals surface area contributed by atoms with E-state index in [-0.39, 0.29) is 5.91 Å². The second-order valence-electron chi connectivity index (χ2n) is 6.27. The summed E-state index contributed by atoms with van der Waals surface area (Å²) in [4.78, 5) is 14.3. The lowest BCUT2D eigenvalue weighted by Crippen LogP contribution is -2.44. The maximum atomic E-state index is 12.6. The second-order valence-corrected chi connectivity index (χ2v) is 6.27. The molecule has 0 fully saturated rings. The Morgan fingerprint density at radius 1 is 1.30 bits per heavy atom. The Balaban J connectivity index is 2.15. The Bertz CT molecular complexity index is 497. The Hall–Kier alpha value is -1.39. The van der Waals surface area contributed by atoms with Crippen LogP contribution in [-0.2, 0) is 10.2 Å². The number of nitrogens with one attached hydrogen (secondary N) is 1. The lowest BCUT2D eigenvalue weighted by Gasteiger charge is -2.24. The summed E-state index contributed by atoms with van der Waals surface area (Å²) in [6, 6.07) is 8.15. The van der Waals surface area contributed by atoms with E-state index in [0.717, 1.165) is 11.3 Å². The average Bonchev–Trinajstić information content (AvgIpc) is 2.58. The van der Waals surface area contributed by atoms with Gasteiger partial charge in [-0.1, -0.05) is 32.0 Å². The van der Waals surface area contributed by atoms with Crippen LogP contribution in [0.4, 0.5) is 5.69 Å². The summed E-state index contributed by atoms with van der Waals surface area (Å²) < 4.78 is 0. The Morgan fingerprint density at radius 2 is 1.95 bits per heavy atom. The third-order valence-corrected chi connectivity index (χ3v) is 3.80. The number of rotatable bonds is 5. The van der Waals surface area contributed by atoms with Crippen molar-refractivity contribution in [2.45, 2.75) is 45.3 Å². The first-order chi connectivity index (χ1) is 9.34. The van der Waals surface area contributed by atoms with Gasteiger partial charge < -0.3 is 15.3 Å². The van der Waals surface area contributed by atoms with Crippen LogP contribution in [0.1, 0.15) is 33.3 Å². The molecular formula is C16H24N2O2. The molecule has 0 saturated heterocycles. The van der Waals surface area contributed by atoms with Crippen molar-refractivity contribution in [2.75, 3.05) is 18.0 Å². The summed E-state index contributed by atoms with van der Waals surface area (Å²) in [6.45, 7) is 8.77. The van der Waals surface area contributed by atoms with Crippen molar-refractivity contribution in [3.8, 4) is 0 Å². The molecule has 1 aromatic rings. The molecule has 1 aliphatic rings. The quantitative estimate of drug-likeness (QED) is 0.860. The minimum Gasteiger partial charge on any atom is -0.390 e. The summed E-state index contributed by atoms with van der Waals surface area (Å²) in [6.07, 6.45) is -0.566. The van der Waals surface area contributed by atoms with Crippen LogP contribution in [-0.4, -0.2) is 36.2 Å². The van der Waals surface area contributed by atoms with E-state index in [1.54, 1.807) is 4.90 Å². The molecule has 1 atom stereocenters. The number of carbonyl (C=O) groups excluding carboxylic acids is 1. The van der Waals surface area contributed by atoms with Gasteiger partial charge in [-0.25, -0.2) is 0 Å². The van der Waals surface area contributed by atoms with Gasteiger partial charge in [-0.3, -0.25) is 4.79 Å². The van der Waals surface area contributed by atoms with Gasteiger partial charge in [-0.05, 0) is 25.5 Å². The van der Waals surface area contributed by atoms with Crippen molar-refractivity contribution in [2.24, 2.45) is 0 Å². The predicted molar refractivity (Wildman–Crippen MR) is 81.0 cm³/mol. The molecule has 0 saturated carbocycles. The highest BCUT2D eigenvalue weighted by molar-refractivity contribution is 6.07. The van der Waals surface area contributed by atoms with Gasteiger partial charge >= 0.3 is 0 Å². The van der Waals surface area contributed by atoms with Gasteiger partial charge in [0.25, 0.3) is 0 Å². The molecule has 4 nitrogen and oxygen atoms in total. The highest BCUT2D eigenvalue weighted by atomic mass is 16.3. The van der Waals surface area contributed by atoms with Gasteiger partial charge in [0.1, 0.15) is 0 Å². The van der Waals surface area contributed by atoms with E-state index in [9.17, 15) is 9.90 Å². The molecule has 2 rings (SSSR count). The van der Waals surface area contributed by atoms with Crippen molar-refractivity contribution in [3.63, 3.8) is 0 Å². The van der Waals surface area contributed by atoms with Crippen LogP contribution >= 0.6 is 0 Å². The van der Waals surface area contributed by atoms with Gasteiger partial charge in [0.2, 0.25) is 5.91 Å². The van der Waals surface area contributed by atoms with Crippen LogP contribution in [0.2, 0.25) is 0 Å². The van der Waals surface area contributed by atoms with E-state index < -0.39 is 11.5 Å². The number of carbonyl (C=O) groups is 1. The maximum absolute atomic E-state index is 12.6. The normalized spacial score (nSPS) is 18.5. The van der Waals surface area contributed by atoms with Gasteiger partial charge in [-0.2, -0.15) is 0 Å². The molecule has 1 aromatic carbocycles. The van der Waals surface area contributed by atoms with Gasteiger partial charge in [0, 0.05) is 18.3 Å². The zero-order chi connectivity index (χ0) is 14.9. The molecule has 1 amide bonds. The molecule has 0 bridgehead atoms. The molecule has 0 aromatic heterocycles. The second kappa shape index (κ2) is 5.54. The first kappa shape index (κ1) is 15.0. The van der Waals surface area contributed by atoms with Gasteiger partial charge in [-0.15, -0.1) is 0 Å². The van der Waals surface area contributed by atoms with E-state index in [4.69, 9.17) is 0 Å². The third-order valence-electron chi connectivity index (χ3n) is 3.80. The number of anilines is 1. The summed E-state index contributed by atoms with van der Waals surface area (Å²) >= 11 is 0. The van der Waals surface area contributed by atoms with Crippen LogP contribution in [0.15, 0.2) is 24.3 Å². The number of hydrogen-bond donors (Lipinski definition) is 2. The van der Waals surface area contributed by atoms with Crippen LogP contribution < -0.4 is 10.2 Å². The molecule has 20 heavy (non-hydrogen) atoms. The van der Waals surface area contributed by atoms with Crippen molar-refractivity contribution >= 4 is 11.6 Å². The average molecular weight is 276 g/mol. The lowest BCUT2D eigenvalue weighted by molar-refractivity contribution is -0.122. The Labute approximate surface area is 120 Å². The molecule has 110 valence electrons. The van der Waals surface area contributed by atoms with Crippen LogP contribution in [0.3, 0.4) is 0 Å². The van der Waals surface area contributed by atoms with Crippen molar-refractivity contribution < 1.29 is 9.90 Å². The number of benzene rings is 1. The van der Waals surface area contributed by atoms with Crippen molar-refractivity contribution in [1.29, 1.82) is 0 Å². The first-order valence-corrected chi connectivity index (χ1v) is 7.17. The number of aliphatic hydroxyl groups is 1. The molecule has 1 unspecified atom stereocenters. The molecule has 4 heteroatoms. The number of amides is 1. The van der Waals surface area contributed by atoms with Gasteiger partial charge in [0.05, 0.1) is 18.1 Å². The molecule has 0 radical (unpaired) electrons. The van der Waals surface area contributed by atoms with E-state index in [2.05, 4.69) is 5.32 Å². The number of hydrogen-bond acceptors (Lipinski definition) is 3. The molecule has 1 heterocycles. The van der Waals surface area contributed by atoms with E-state index in [1.165, 1.54) is 0 Å². The van der Waals surface area contributed by atoms with Crippen LogP contribution in [0.25, 0.3) is 0 Å². The summed E-state index contributed by atoms with van der Waals surface area (Å²) in [5.74, 6) is 0.0577. The topological polar surface area (TPSA) is 52.6 Å². The van der Waals surface area contributed by atoms with E-state index in [0.29, 0.717) is 19.1 Å². The lowest BCUT2D eigenvalue weighted by atomic mass is 9.86. The minimum absolute atomic E-state index is 0.0577. The fourth-order valence-electron chi connectivity index (χ4n) is 2.63. The largest absolute Gasteiger partial charge is 0.390 e. The molecule has 1 aliphatic heterocycles. The Kier molecular flexibility index (Phi) is 4.16. The third kappa shape index (κ3) is 2.72. The number of β-amino-alcohol motifs (C(OH)–C–C–N with tert-alkyl or cyclic N) is 1. The fraction of sp³-hybridized carbons (Fsp3) is 0.562. The molecule has 0 aliphatic carbocycles. The molecular weight excluding hydrogens is 252 g/mol. The Morgan fingerprint density at radius 3 is 2.60 bits per heavy atom. The molecule has 2 N–H and O–H groups in total. The first-order valence-electron chi connectivity index (χ1n) is 7.17. The highest BCUT2D eigenvalue weighted by Crippen LogP contribution is 2.41. The van der Waals surface area contributed by atoms with Crippen LogP contribution in [0.5, 0.6) is 0 Å². The fourth-order valence-corrected chi connectivity index (χ4v) is 2.63. The standard InChI is InChI=1S/C16H24N2O2/c1-11(2)17-9-12(19)10-18-14-8-6-5-7-13(14)16(3,4)15(18)20/h5-8,11-12,17,19H,9-10H2,1-4H3. The monoisotopic (exact) mass is 276 g/mol. The van der Waals surface area contributed by atoms with Crippen molar-refractivity contribution in [1.82, 2.24) is 5.32 Å². The van der Waals surface area contributed by atoms with E-state index in [1.807, 2.05) is 52.0 Å². The predicted octanol–water partition coefficient (Wildman–Crippen LogP) is 1.67. The summed E-state index contributed by atoms with van der Waals surface area (Å²) in [5, 5.41) is 13.3. The number of nitrogens with zero attached hydrogens (tertiary/aromatic N) is 1. The number of fused-ring (bicyclic) bond motifs is 1. The molecule has 0 spiro atoms. The SMILES string of the molecule is CC(C)NCC(O)CN1C(=O)C(C)(C)c2ccccc21. The number of aliphatic hydroxyl groups excluding tert-OH is 1. The van der Waals surface area contributed by atoms with Crippen molar-refractivity contribution in [3.05, 3.63) is 29.8 Å². The minimum atomic E-state index is -0.566. The summed E-state index contributed by atoms with van der Waals surface area (Å²) in [5.41, 5.74) is 1.45.